The van der Waals surface area contributed by atoms with Gasteiger partial charge in [-0.3, -0.25) is 4.79 Å². The minimum absolute atomic E-state index is 0.126. The molecule has 0 aromatic carbocycles. The third kappa shape index (κ3) is 4.15. The SMILES string of the molecule is CC(C)CC(=O)N1CCCC(Oc2nccnc2C#N)C1. The predicted molar refractivity (Wildman–Crippen MR) is 76.4 cm³/mol. The number of nitriles is 1. The second-order valence-corrected chi connectivity index (χ2v) is 5.64. The van der Waals surface area contributed by atoms with Crippen molar-refractivity contribution in [3.05, 3.63) is 18.1 Å². The van der Waals surface area contributed by atoms with Gasteiger partial charge in [-0.1, -0.05) is 13.8 Å². The van der Waals surface area contributed by atoms with Gasteiger partial charge in [0, 0.05) is 25.4 Å². The monoisotopic (exact) mass is 288 g/mol. The molecule has 1 saturated heterocycles. The predicted octanol–water partition coefficient (Wildman–Crippen LogP) is 1.76. The number of rotatable bonds is 4. The van der Waals surface area contributed by atoms with Crippen molar-refractivity contribution in [3.8, 4) is 11.9 Å². The summed E-state index contributed by atoms with van der Waals surface area (Å²) in [6.07, 6.45) is 5.15. The second kappa shape index (κ2) is 7.02. The fraction of sp³-hybridized carbons (Fsp3) is 0.600. The average molecular weight is 288 g/mol. The van der Waals surface area contributed by atoms with Crippen LogP contribution in [0.25, 0.3) is 0 Å². The lowest BCUT2D eigenvalue weighted by Gasteiger charge is -2.33. The van der Waals surface area contributed by atoms with Crippen molar-refractivity contribution in [2.75, 3.05) is 13.1 Å². The van der Waals surface area contributed by atoms with Gasteiger partial charge >= 0.3 is 0 Å². The van der Waals surface area contributed by atoms with Gasteiger partial charge in [0.05, 0.1) is 6.54 Å². The van der Waals surface area contributed by atoms with Crippen molar-refractivity contribution in [1.29, 1.82) is 5.26 Å². The van der Waals surface area contributed by atoms with Gasteiger partial charge in [0.2, 0.25) is 11.6 Å². The van der Waals surface area contributed by atoms with Crippen LogP contribution in [0.4, 0.5) is 0 Å². The molecule has 0 bridgehead atoms. The van der Waals surface area contributed by atoms with Crippen LogP contribution in [0.15, 0.2) is 12.4 Å². The molecule has 1 atom stereocenters. The third-order valence-corrected chi connectivity index (χ3v) is 3.36. The Kier molecular flexibility index (Phi) is 5.09. The smallest absolute Gasteiger partial charge is 0.251 e. The largest absolute Gasteiger partial charge is 0.470 e. The molecule has 2 rings (SSSR count). The van der Waals surface area contributed by atoms with Crippen LogP contribution in [0.2, 0.25) is 0 Å². The van der Waals surface area contributed by atoms with Crippen LogP contribution in [0.5, 0.6) is 5.88 Å². The van der Waals surface area contributed by atoms with Crippen LogP contribution in [-0.4, -0.2) is 40.0 Å². The van der Waals surface area contributed by atoms with Crippen molar-refractivity contribution in [1.82, 2.24) is 14.9 Å². The molecule has 0 radical (unpaired) electrons. The first-order chi connectivity index (χ1) is 10.1. The molecule has 1 aliphatic heterocycles. The number of ether oxygens (including phenoxy) is 1. The van der Waals surface area contributed by atoms with Crippen molar-refractivity contribution in [2.45, 2.75) is 39.2 Å². The van der Waals surface area contributed by atoms with E-state index < -0.39 is 0 Å². The molecule has 0 spiro atoms. The summed E-state index contributed by atoms with van der Waals surface area (Å²) in [4.78, 5) is 21.9. The summed E-state index contributed by atoms with van der Waals surface area (Å²) in [6, 6.07) is 1.97. The van der Waals surface area contributed by atoms with E-state index in [9.17, 15) is 4.79 Å². The molecular weight excluding hydrogens is 268 g/mol. The average Bonchev–Trinajstić information content (AvgIpc) is 2.47. The first-order valence-electron chi connectivity index (χ1n) is 7.25. The number of carbonyl (C=O) groups excluding carboxylic acids is 1. The van der Waals surface area contributed by atoms with E-state index in [4.69, 9.17) is 10.00 Å². The molecule has 0 N–H and O–H groups in total. The van der Waals surface area contributed by atoms with Gasteiger partial charge in [0.15, 0.2) is 0 Å². The molecule has 1 unspecified atom stereocenters. The van der Waals surface area contributed by atoms with Gasteiger partial charge in [-0.25, -0.2) is 9.97 Å². The molecule has 1 amide bonds. The number of likely N-dealkylation sites (tertiary alicyclic amines) is 1. The van der Waals surface area contributed by atoms with E-state index in [-0.39, 0.29) is 23.6 Å². The highest BCUT2D eigenvalue weighted by Crippen LogP contribution is 2.19. The maximum Gasteiger partial charge on any atom is 0.251 e. The highest BCUT2D eigenvalue weighted by atomic mass is 16.5. The van der Waals surface area contributed by atoms with Crippen molar-refractivity contribution in [2.24, 2.45) is 5.92 Å². The number of amides is 1. The molecule has 1 aromatic rings. The van der Waals surface area contributed by atoms with Crippen LogP contribution < -0.4 is 4.74 Å². The Hall–Kier alpha value is -2.16. The Morgan fingerprint density at radius 3 is 3.00 bits per heavy atom. The molecule has 112 valence electrons. The van der Waals surface area contributed by atoms with E-state index in [1.165, 1.54) is 12.4 Å². The summed E-state index contributed by atoms with van der Waals surface area (Å²) < 4.78 is 5.77. The Balaban J connectivity index is 1.98. The number of hydrogen-bond donors (Lipinski definition) is 0. The second-order valence-electron chi connectivity index (χ2n) is 5.64. The zero-order chi connectivity index (χ0) is 15.2. The highest BCUT2D eigenvalue weighted by Gasteiger charge is 2.26. The molecule has 0 aliphatic carbocycles. The molecule has 0 saturated carbocycles. The van der Waals surface area contributed by atoms with E-state index >= 15 is 0 Å². The van der Waals surface area contributed by atoms with E-state index in [0.717, 1.165) is 19.4 Å². The van der Waals surface area contributed by atoms with Crippen LogP contribution in [0.3, 0.4) is 0 Å². The number of carbonyl (C=O) groups is 1. The quantitative estimate of drug-likeness (QED) is 0.843. The zero-order valence-corrected chi connectivity index (χ0v) is 12.5. The highest BCUT2D eigenvalue weighted by molar-refractivity contribution is 5.76. The van der Waals surface area contributed by atoms with Crippen LogP contribution >= 0.6 is 0 Å². The van der Waals surface area contributed by atoms with E-state index in [1.54, 1.807) is 0 Å². The minimum atomic E-state index is -0.126. The number of aromatic nitrogens is 2. The molecule has 6 nitrogen and oxygen atoms in total. The lowest BCUT2D eigenvalue weighted by atomic mass is 10.1. The number of piperidine rings is 1. The fourth-order valence-electron chi connectivity index (χ4n) is 2.39. The lowest BCUT2D eigenvalue weighted by Crippen LogP contribution is -2.44. The Bertz CT molecular complexity index is 539. The lowest BCUT2D eigenvalue weighted by molar-refractivity contribution is -0.134. The topological polar surface area (TPSA) is 79.1 Å². The Labute approximate surface area is 124 Å². The summed E-state index contributed by atoms with van der Waals surface area (Å²) in [6.45, 7) is 5.40. The Morgan fingerprint density at radius 2 is 2.29 bits per heavy atom. The Morgan fingerprint density at radius 1 is 1.52 bits per heavy atom. The van der Waals surface area contributed by atoms with Crippen LogP contribution in [0, 0.1) is 17.2 Å². The van der Waals surface area contributed by atoms with E-state index in [1.807, 2.05) is 24.8 Å². The van der Waals surface area contributed by atoms with Crippen LogP contribution in [-0.2, 0) is 4.79 Å². The maximum atomic E-state index is 12.1. The van der Waals surface area contributed by atoms with E-state index in [2.05, 4.69) is 9.97 Å². The molecular formula is C15H20N4O2. The minimum Gasteiger partial charge on any atom is -0.470 e. The van der Waals surface area contributed by atoms with Crippen molar-refractivity contribution < 1.29 is 9.53 Å². The molecule has 1 aliphatic rings. The van der Waals surface area contributed by atoms with Gasteiger partial charge in [-0.15, -0.1) is 0 Å². The van der Waals surface area contributed by atoms with Crippen molar-refractivity contribution in [3.63, 3.8) is 0 Å². The standard InChI is InChI=1S/C15H20N4O2/c1-11(2)8-14(20)19-7-3-4-12(10-19)21-15-13(9-16)17-5-6-18-15/h5-6,11-12H,3-4,7-8,10H2,1-2H3. The van der Waals surface area contributed by atoms with Gasteiger partial charge in [-0.2, -0.15) is 5.26 Å². The maximum absolute atomic E-state index is 12.1. The molecule has 6 heteroatoms. The number of nitrogens with zero attached hydrogens (tertiary/aromatic N) is 4. The number of hydrogen-bond acceptors (Lipinski definition) is 5. The summed E-state index contributed by atoms with van der Waals surface area (Å²) in [5.74, 6) is 0.769. The van der Waals surface area contributed by atoms with Gasteiger partial charge in [0.1, 0.15) is 12.2 Å². The van der Waals surface area contributed by atoms with Crippen molar-refractivity contribution >= 4 is 5.91 Å². The van der Waals surface area contributed by atoms with Crippen LogP contribution in [0.1, 0.15) is 38.8 Å². The summed E-state index contributed by atoms with van der Waals surface area (Å²) in [7, 11) is 0. The fourth-order valence-corrected chi connectivity index (χ4v) is 2.39. The molecule has 1 aromatic heterocycles. The molecule has 2 heterocycles. The van der Waals surface area contributed by atoms with Gasteiger partial charge in [0.25, 0.3) is 5.88 Å². The molecule has 21 heavy (non-hydrogen) atoms. The summed E-state index contributed by atoms with van der Waals surface area (Å²) in [5, 5.41) is 8.99. The van der Waals surface area contributed by atoms with E-state index in [0.29, 0.717) is 18.9 Å². The third-order valence-electron chi connectivity index (χ3n) is 3.36. The normalized spacial score (nSPS) is 18.4. The van der Waals surface area contributed by atoms with Gasteiger partial charge < -0.3 is 9.64 Å². The molecule has 1 fully saturated rings. The van der Waals surface area contributed by atoms with Gasteiger partial charge in [-0.05, 0) is 18.8 Å². The summed E-state index contributed by atoms with van der Waals surface area (Å²) in [5.41, 5.74) is 0.183. The summed E-state index contributed by atoms with van der Waals surface area (Å²) >= 11 is 0. The first kappa shape index (κ1) is 15.2. The zero-order valence-electron chi connectivity index (χ0n) is 12.5. The first-order valence-corrected chi connectivity index (χ1v) is 7.25.